The zero-order chi connectivity index (χ0) is 9.84. The molecule has 0 aliphatic rings. The van der Waals surface area contributed by atoms with Gasteiger partial charge in [-0.05, 0) is 36.8 Å². The van der Waals surface area contributed by atoms with Crippen LogP contribution in [0.3, 0.4) is 0 Å². The Bertz CT molecular complexity index is 325. The number of rotatable bonds is 1. The molecule has 0 aliphatic heterocycles. The Labute approximate surface area is 82.2 Å². The summed E-state index contributed by atoms with van der Waals surface area (Å²) in [5.74, 6) is -0.294. The molecular weight excluding hydrogens is 187 g/mol. The largest absolute Gasteiger partial charge is 0.366 e. The van der Waals surface area contributed by atoms with Crippen molar-refractivity contribution < 1.29 is 4.39 Å². The summed E-state index contributed by atoms with van der Waals surface area (Å²) in [4.78, 5) is 0. The maximum absolute atomic E-state index is 13.2. The summed E-state index contributed by atoms with van der Waals surface area (Å²) in [7, 11) is 1.68. The van der Waals surface area contributed by atoms with Crippen LogP contribution < -0.4 is 10.6 Å². The van der Waals surface area contributed by atoms with Crippen molar-refractivity contribution >= 4 is 23.0 Å². The van der Waals surface area contributed by atoms with E-state index in [9.17, 15) is 4.39 Å². The van der Waals surface area contributed by atoms with Crippen molar-refractivity contribution in [1.82, 2.24) is 5.32 Å². The van der Waals surface area contributed by atoms with E-state index in [1.54, 1.807) is 13.1 Å². The van der Waals surface area contributed by atoms with Crippen molar-refractivity contribution in [1.29, 1.82) is 0 Å². The summed E-state index contributed by atoms with van der Waals surface area (Å²) in [6, 6.07) is 4.94. The smallest absolute Gasteiger partial charge is 0.170 e. The highest BCUT2D eigenvalue weighted by molar-refractivity contribution is 7.80. The summed E-state index contributed by atoms with van der Waals surface area (Å²) in [6.45, 7) is 1.84. The standard InChI is InChI=1S/C9H11FN2S/c1-6-3-4-8(7(10)5-6)12-9(13)11-2/h3-5H,1-2H3,(H2,11,12,13). The van der Waals surface area contributed by atoms with Crippen LogP contribution >= 0.6 is 12.2 Å². The summed E-state index contributed by atoms with van der Waals surface area (Å²) in [5, 5.41) is 5.85. The fourth-order valence-corrected chi connectivity index (χ4v) is 1.02. The zero-order valence-corrected chi connectivity index (χ0v) is 8.33. The molecule has 1 aromatic carbocycles. The molecule has 1 aromatic rings. The lowest BCUT2D eigenvalue weighted by atomic mass is 10.2. The summed E-state index contributed by atoms with van der Waals surface area (Å²) < 4.78 is 13.2. The third kappa shape index (κ3) is 2.66. The molecule has 0 spiro atoms. The van der Waals surface area contributed by atoms with Crippen LogP contribution in [0, 0.1) is 12.7 Å². The molecule has 1 rings (SSSR count). The minimum Gasteiger partial charge on any atom is -0.366 e. The van der Waals surface area contributed by atoms with Gasteiger partial charge in [0.2, 0.25) is 0 Å². The van der Waals surface area contributed by atoms with E-state index in [2.05, 4.69) is 10.6 Å². The quantitative estimate of drug-likeness (QED) is 0.675. The fraction of sp³-hybridized carbons (Fsp3) is 0.222. The van der Waals surface area contributed by atoms with Gasteiger partial charge >= 0.3 is 0 Å². The Balaban J connectivity index is 2.83. The number of aryl methyl sites for hydroxylation is 1. The second-order valence-electron chi connectivity index (χ2n) is 2.69. The van der Waals surface area contributed by atoms with Crippen LogP contribution in [0.2, 0.25) is 0 Å². The lowest BCUT2D eigenvalue weighted by Crippen LogP contribution is -2.24. The molecule has 70 valence electrons. The third-order valence-electron chi connectivity index (χ3n) is 1.60. The topological polar surface area (TPSA) is 24.1 Å². The van der Waals surface area contributed by atoms with Crippen molar-refractivity contribution in [3.8, 4) is 0 Å². The zero-order valence-electron chi connectivity index (χ0n) is 7.52. The number of thiocarbonyl (C=S) groups is 1. The van der Waals surface area contributed by atoms with Gasteiger partial charge in [0.15, 0.2) is 5.11 Å². The van der Waals surface area contributed by atoms with Crippen LogP contribution in [0.5, 0.6) is 0 Å². The number of nitrogens with one attached hydrogen (secondary N) is 2. The minimum atomic E-state index is -0.294. The maximum atomic E-state index is 13.2. The van der Waals surface area contributed by atoms with Crippen molar-refractivity contribution in [3.05, 3.63) is 29.6 Å². The molecule has 0 atom stereocenters. The van der Waals surface area contributed by atoms with Gasteiger partial charge in [-0.25, -0.2) is 4.39 Å². The highest BCUT2D eigenvalue weighted by Gasteiger charge is 2.02. The molecular formula is C9H11FN2S. The van der Waals surface area contributed by atoms with Crippen LogP contribution in [0.15, 0.2) is 18.2 Å². The summed E-state index contributed by atoms with van der Waals surface area (Å²) in [6.07, 6.45) is 0. The Hall–Kier alpha value is -1.16. The molecule has 13 heavy (non-hydrogen) atoms. The normalized spacial score (nSPS) is 9.46. The van der Waals surface area contributed by atoms with E-state index >= 15 is 0 Å². The molecule has 0 unspecified atom stereocenters. The first-order chi connectivity index (χ1) is 6.13. The third-order valence-corrected chi connectivity index (χ3v) is 1.91. The molecule has 0 amide bonds. The van der Waals surface area contributed by atoms with Gasteiger partial charge < -0.3 is 10.6 Å². The average Bonchev–Trinajstić information content (AvgIpc) is 2.09. The summed E-state index contributed by atoms with van der Waals surface area (Å²) in [5.41, 5.74) is 1.28. The van der Waals surface area contributed by atoms with Crippen LogP contribution in [0.1, 0.15) is 5.56 Å². The van der Waals surface area contributed by atoms with Gasteiger partial charge in [-0.3, -0.25) is 0 Å². The predicted molar refractivity (Wildman–Crippen MR) is 56.4 cm³/mol. The van der Waals surface area contributed by atoms with Crippen LogP contribution in [0.25, 0.3) is 0 Å². The van der Waals surface area contributed by atoms with Crippen LogP contribution in [0.4, 0.5) is 10.1 Å². The monoisotopic (exact) mass is 198 g/mol. The molecule has 0 aliphatic carbocycles. The van der Waals surface area contributed by atoms with E-state index in [1.807, 2.05) is 13.0 Å². The molecule has 0 aromatic heterocycles. The molecule has 4 heteroatoms. The molecule has 0 saturated carbocycles. The Morgan fingerprint density at radius 2 is 2.15 bits per heavy atom. The lowest BCUT2D eigenvalue weighted by molar-refractivity contribution is 0.631. The fourth-order valence-electron chi connectivity index (χ4n) is 0.906. The molecule has 0 saturated heterocycles. The predicted octanol–water partition coefficient (Wildman–Crippen LogP) is 2.05. The highest BCUT2D eigenvalue weighted by atomic mass is 32.1. The van der Waals surface area contributed by atoms with Gasteiger partial charge in [0.1, 0.15) is 5.82 Å². The average molecular weight is 198 g/mol. The lowest BCUT2D eigenvalue weighted by Gasteiger charge is -2.07. The summed E-state index contributed by atoms with van der Waals surface area (Å²) >= 11 is 4.84. The van der Waals surface area contributed by atoms with E-state index in [0.29, 0.717) is 10.8 Å². The number of hydrogen-bond acceptors (Lipinski definition) is 1. The molecule has 0 bridgehead atoms. The number of hydrogen-bond donors (Lipinski definition) is 2. The van der Waals surface area contributed by atoms with Gasteiger partial charge in [-0.2, -0.15) is 0 Å². The van der Waals surface area contributed by atoms with Crippen LogP contribution in [-0.4, -0.2) is 12.2 Å². The number of benzene rings is 1. The van der Waals surface area contributed by atoms with Crippen LogP contribution in [-0.2, 0) is 0 Å². The Morgan fingerprint density at radius 3 is 2.69 bits per heavy atom. The Kier molecular flexibility index (Phi) is 3.19. The minimum absolute atomic E-state index is 0.294. The van der Waals surface area contributed by atoms with Gasteiger partial charge in [0.05, 0.1) is 5.69 Å². The first-order valence-corrected chi connectivity index (χ1v) is 4.29. The van der Waals surface area contributed by atoms with Gasteiger partial charge in [-0.1, -0.05) is 6.07 Å². The number of halogens is 1. The Morgan fingerprint density at radius 1 is 1.46 bits per heavy atom. The van der Waals surface area contributed by atoms with Crippen molar-refractivity contribution in [2.24, 2.45) is 0 Å². The van der Waals surface area contributed by atoms with E-state index in [0.717, 1.165) is 5.56 Å². The molecule has 0 heterocycles. The van der Waals surface area contributed by atoms with E-state index in [1.165, 1.54) is 6.07 Å². The van der Waals surface area contributed by atoms with E-state index in [4.69, 9.17) is 12.2 Å². The number of anilines is 1. The molecule has 2 nitrogen and oxygen atoms in total. The highest BCUT2D eigenvalue weighted by Crippen LogP contribution is 2.14. The van der Waals surface area contributed by atoms with Crippen molar-refractivity contribution in [2.75, 3.05) is 12.4 Å². The van der Waals surface area contributed by atoms with Gasteiger partial charge in [-0.15, -0.1) is 0 Å². The SMILES string of the molecule is CNC(=S)Nc1ccc(C)cc1F. The molecule has 0 radical (unpaired) electrons. The van der Waals surface area contributed by atoms with Gasteiger partial charge in [0.25, 0.3) is 0 Å². The molecule has 2 N–H and O–H groups in total. The maximum Gasteiger partial charge on any atom is 0.170 e. The first-order valence-electron chi connectivity index (χ1n) is 3.88. The van der Waals surface area contributed by atoms with Crippen molar-refractivity contribution in [3.63, 3.8) is 0 Å². The molecule has 0 fully saturated rings. The van der Waals surface area contributed by atoms with E-state index in [-0.39, 0.29) is 5.82 Å². The second-order valence-corrected chi connectivity index (χ2v) is 3.10. The van der Waals surface area contributed by atoms with E-state index < -0.39 is 0 Å². The second kappa shape index (κ2) is 4.18. The first kappa shape index (κ1) is 9.92. The van der Waals surface area contributed by atoms with Gasteiger partial charge in [0, 0.05) is 7.05 Å². The van der Waals surface area contributed by atoms with Crippen molar-refractivity contribution in [2.45, 2.75) is 6.92 Å².